The van der Waals surface area contributed by atoms with Crippen LogP contribution in [-0.4, -0.2) is 44.2 Å². The fourth-order valence-electron chi connectivity index (χ4n) is 4.95. The van der Waals surface area contributed by atoms with Gasteiger partial charge in [0, 0.05) is 36.6 Å². The maximum atomic E-state index is 13.9. The van der Waals surface area contributed by atoms with E-state index in [4.69, 9.17) is 14.2 Å². The first-order chi connectivity index (χ1) is 19.3. The van der Waals surface area contributed by atoms with Gasteiger partial charge in [-0.05, 0) is 77.8 Å². The number of unbranched alkanes of at least 4 members (excludes halogenated alkanes) is 9. The Bertz CT molecular complexity index is 1020. The zero-order valence-electron chi connectivity index (χ0n) is 27.5. The minimum Gasteiger partial charge on any atom is -0.493 e. The van der Waals surface area contributed by atoms with Crippen molar-refractivity contribution in [2.45, 2.75) is 126 Å². The molecule has 0 amide bonds. The molecule has 0 bridgehead atoms. The molecule has 0 aromatic heterocycles. The van der Waals surface area contributed by atoms with Crippen LogP contribution in [0.25, 0.3) is 0 Å². The zero-order chi connectivity index (χ0) is 29.3. The second-order valence-electron chi connectivity index (χ2n) is 11.1. The van der Waals surface area contributed by atoms with E-state index in [0.717, 1.165) is 71.3 Å². The molecule has 225 valence electrons. The summed E-state index contributed by atoms with van der Waals surface area (Å²) in [6.45, 7) is 16.9. The molecule has 0 N–H and O–H groups in total. The van der Waals surface area contributed by atoms with Gasteiger partial charge in [-0.15, -0.1) is 0 Å². The molecule has 4 nitrogen and oxygen atoms in total. The summed E-state index contributed by atoms with van der Waals surface area (Å²) in [5.41, 5.74) is 5.49. The van der Waals surface area contributed by atoms with E-state index in [1.807, 2.05) is 19.1 Å². The fraction of sp³-hybridized carbons (Fsp3) is 0.629. The smallest absolute Gasteiger partial charge is 0.186 e. The molecule has 0 heterocycles. The van der Waals surface area contributed by atoms with E-state index < -0.39 is 0 Å². The number of carbonyl (C=O) groups excluding carboxylic acids is 1. The van der Waals surface area contributed by atoms with Crippen LogP contribution in [0.2, 0.25) is 0 Å². The predicted molar refractivity (Wildman–Crippen MR) is 179 cm³/mol. The van der Waals surface area contributed by atoms with Gasteiger partial charge in [-0.1, -0.05) is 84.6 Å². The van der Waals surface area contributed by atoms with Gasteiger partial charge in [-0.25, -0.2) is 0 Å². The third kappa shape index (κ3) is 12.7. The topological polar surface area (TPSA) is 44.8 Å². The minimum atomic E-state index is -0.0821. The number of ether oxygens (including phenoxy) is 3. The minimum absolute atomic E-state index is 0. The second-order valence-corrected chi connectivity index (χ2v) is 12.3. The molecule has 41 heavy (non-hydrogen) atoms. The van der Waals surface area contributed by atoms with Gasteiger partial charge in [0.05, 0.1) is 25.1 Å². The van der Waals surface area contributed by atoms with Gasteiger partial charge in [0.25, 0.3) is 0 Å². The van der Waals surface area contributed by atoms with Crippen LogP contribution >= 0.6 is 8.58 Å². The first-order valence-electron chi connectivity index (χ1n) is 15.8. The van der Waals surface area contributed by atoms with Gasteiger partial charge in [-0.2, -0.15) is 0 Å². The molecule has 1 unspecified atom stereocenters. The van der Waals surface area contributed by atoms with Crippen LogP contribution in [0.5, 0.6) is 17.2 Å². The predicted octanol–water partition coefficient (Wildman–Crippen LogP) is 9.56. The number of hydrogen-bond acceptors (Lipinski definition) is 4. The summed E-state index contributed by atoms with van der Waals surface area (Å²) < 4.78 is 19.0. The molecule has 0 aliphatic heterocycles. The average molecular weight is 578 g/mol. The number of benzene rings is 2. The van der Waals surface area contributed by atoms with E-state index in [0.29, 0.717) is 19.8 Å². The number of aryl methyl sites for hydroxylation is 2. The monoisotopic (exact) mass is 577 g/mol. The molecule has 0 saturated carbocycles. The van der Waals surface area contributed by atoms with E-state index in [-0.39, 0.29) is 33.0 Å². The van der Waals surface area contributed by atoms with E-state index in [1.165, 1.54) is 56.1 Å². The Morgan fingerprint density at radius 1 is 0.610 bits per heavy atom. The van der Waals surface area contributed by atoms with E-state index in [1.54, 1.807) is 0 Å². The van der Waals surface area contributed by atoms with Crippen molar-refractivity contribution in [2.24, 2.45) is 0 Å². The first-order valence-corrected chi connectivity index (χ1v) is 16.8. The fourth-order valence-corrected chi connectivity index (χ4v) is 6.22. The van der Waals surface area contributed by atoms with Gasteiger partial charge >= 0.3 is 0 Å². The number of carbonyl (C=O) groups is 1. The van der Waals surface area contributed by atoms with Crippen molar-refractivity contribution in [3.63, 3.8) is 0 Å². The van der Waals surface area contributed by atoms with Gasteiger partial charge in [-0.3, -0.25) is 4.79 Å². The summed E-state index contributed by atoms with van der Waals surface area (Å²) in [7, 11) is -0.0821. The quantitative estimate of drug-likeness (QED) is 0.0842. The standard InChI is InChI=1S/C35H55O4P.Li/c1-8-11-14-17-20-37-30-24-31(38-21-18-15-12-9-2)34(32(25-30)39-22-19-16-13-10-3)40-35(36)33-27(5)23-26(4)28(6)29(33)7;/h23-25,40H,8-22H2,1-7H3;. The summed E-state index contributed by atoms with van der Waals surface area (Å²) >= 11 is 0. The van der Waals surface area contributed by atoms with Crippen LogP contribution in [0.4, 0.5) is 0 Å². The van der Waals surface area contributed by atoms with Crippen LogP contribution < -0.4 is 19.5 Å². The Kier molecular flexibility index (Phi) is 19.5. The molecule has 0 spiro atoms. The van der Waals surface area contributed by atoms with Gasteiger partial charge < -0.3 is 14.2 Å². The molecule has 1 atom stereocenters. The third-order valence-electron chi connectivity index (χ3n) is 7.64. The van der Waals surface area contributed by atoms with E-state index in [9.17, 15) is 4.79 Å². The van der Waals surface area contributed by atoms with Crippen LogP contribution in [-0.2, 0) is 0 Å². The van der Waals surface area contributed by atoms with Crippen molar-refractivity contribution in [1.82, 2.24) is 0 Å². The average Bonchev–Trinajstić information content (AvgIpc) is 2.92. The van der Waals surface area contributed by atoms with Crippen LogP contribution in [0, 0.1) is 27.7 Å². The van der Waals surface area contributed by atoms with Gasteiger partial charge in [0.15, 0.2) is 5.52 Å². The Labute approximate surface area is 265 Å². The molecule has 2 aromatic carbocycles. The maximum absolute atomic E-state index is 13.9. The normalized spacial score (nSPS) is 11.1. The number of rotatable bonds is 21. The summed E-state index contributed by atoms with van der Waals surface area (Å²) in [6, 6.07) is 6.10. The molecule has 1 radical (unpaired) electrons. The van der Waals surface area contributed by atoms with Crippen LogP contribution in [0.1, 0.15) is 130 Å². The van der Waals surface area contributed by atoms with Crippen LogP contribution in [0.15, 0.2) is 18.2 Å². The SMILES string of the molecule is CCCCCCOc1cc(OCCCCCC)c(PC(=O)c2c(C)cc(C)c(C)c2C)c(OCCCCCC)c1.[Li]. The number of hydrogen-bond donors (Lipinski definition) is 0. The maximum Gasteiger partial charge on any atom is 0.186 e. The summed E-state index contributed by atoms with van der Waals surface area (Å²) in [6.07, 6.45) is 13.7. The molecule has 2 aromatic rings. The van der Waals surface area contributed by atoms with Crippen molar-refractivity contribution in [3.05, 3.63) is 46.0 Å². The first kappa shape index (κ1) is 37.6. The summed E-state index contributed by atoms with van der Waals surface area (Å²) in [5, 5.41) is 0.867. The van der Waals surface area contributed by atoms with Crippen molar-refractivity contribution in [2.75, 3.05) is 19.8 Å². The van der Waals surface area contributed by atoms with Crippen molar-refractivity contribution in [1.29, 1.82) is 0 Å². The molecular formula is C35H55LiO4P. The van der Waals surface area contributed by atoms with E-state index in [2.05, 4.69) is 47.6 Å². The molecule has 2 rings (SSSR count). The largest absolute Gasteiger partial charge is 0.493 e. The molecule has 0 aliphatic rings. The summed E-state index contributed by atoms with van der Waals surface area (Å²) in [5.74, 6) is 2.23. The van der Waals surface area contributed by atoms with Crippen molar-refractivity contribution in [3.8, 4) is 17.2 Å². The summed E-state index contributed by atoms with van der Waals surface area (Å²) in [4.78, 5) is 13.9. The van der Waals surface area contributed by atoms with E-state index >= 15 is 0 Å². The molecular weight excluding hydrogens is 522 g/mol. The van der Waals surface area contributed by atoms with Crippen LogP contribution in [0.3, 0.4) is 0 Å². The van der Waals surface area contributed by atoms with Gasteiger partial charge in [0.1, 0.15) is 17.2 Å². The van der Waals surface area contributed by atoms with Crippen molar-refractivity contribution < 1.29 is 19.0 Å². The Morgan fingerprint density at radius 3 is 1.54 bits per heavy atom. The Balaban J connectivity index is 0.00000840. The zero-order valence-corrected chi connectivity index (χ0v) is 28.5. The third-order valence-corrected chi connectivity index (χ3v) is 8.86. The second kappa shape index (κ2) is 21.3. The molecule has 0 fully saturated rings. The Morgan fingerprint density at radius 2 is 1.07 bits per heavy atom. The van der Waals surface area contributed by atoms with Crippen molar-refractivity contribution >= 4 is 38.3 Å². The molecule has 0 saturated heterocycles. The van der Waals surface area contributed by atoms with Gasteiger partial charge in [0.2, 0.25) is 0 Å². The molecule has 6 heteroatoms. The Hall–Kier alpha value is -1.46. The molecule has 0 aliphatic carbocycles.